The summed E-state index contributed by atoms with van der Waals surface area (Å²) in [7, 11) is 1.60. The van der Waals surface area contributed by atoms with E-state index in [1.165, 1.54) is 0 Å². The maximum absolute atomic E-state index is 11.7. The Kier molecular flexibility index (Phi) is 6.27. The topological polar surface area (TPSA) is 72.0 Å². The summed E-state index contributed by atoms with van der Waals surface area (Å²) in [4.78, 5) is 16.6. The average molecular weight is 241 g/mol. The van der Waals surface area contributed by atoms with Gasteiger partial charge in [-0.3, -0.25) is 4.79 Å². The number of methoxy groups -OCH3 is 1. The Hall–Kier alpha value is -1.40. The van der Waals surface area contributed by atoms with E-state index in [0.29, 0.717) is 32.7 Å². The van der Waals surface area contributed by atoms with Crippen molar-refractivity contribution < 1.29 is 14.4 Å². The van der Waals surface area contributed by atoms with Crippen molar-refractivity contribution >= 4 is 11.6 Å². The maximum Gasteiger partial charge on any atom is 0.237 e. The monoisotopic (exact) mass is 241 g/mol. The van der Waals surface area contributed by atoms with Gasteiger partial charge in [-0.25, -0.2) is 0 Å². The van der Waals surface area contributed by atoms with Crippen LogP contribution in [0.2, 0.25) is 0 Å². The Balaban J connectivity index is 2.26. The van der Waals surface area contributed by atoms with Crippen LogP contribution in [0, 0.1) is 0 Å². The van der Waals surface area contributed by atoms with Crippen molar-refractivity contribution in [1.82, 2.24) is 10.6 Å². The van der Waals surface area contributed by atoms with Crippen molar-refractivity contribution in [3.8, 4) is 0 Å². The van der Waals surface area contributed by atoms with Crippen molar-refractivity contribution in [3.63, 3.8) is 0 Å². The zero-order chi connectivity index (χ0) is 12.5. The van der Waals surface area contributed by atoms with E-state index in [0.717, 1.165) is 5.71 Å². The molecule has 0 bridgehead atoms. The minimum Gasteiger partial charge on any atom is -0.392 e. The molecule has 1 aliphatic heterocycles. The van der Waals surface area contributed by atoms with Gasteiger partial charge in [-0.15, -0.1) is 0 Å². The molecule has 0 aliphatic carbocycles. The summed E-state index contributed by atoms with van der Waals surface area (Å²) >= 11 is 0. The Labute approximate surface area is 101 Å². The quantitative estimate of drug-likeness (QED) is 0.364. The number of oxime groups is 1. The number of hydrogen-bond acceptors (Lipinski definition) is 5. The first-order chi connectivity index (χ1) is 8.27. The standard InChI is InChI=1S/C11H19N3O3/c1-3-5-17-14-9-7-10(13-8-9)11(15)12-4-6-16-2/h3,10,13H,1,4-8H2,2H3,(H,12,15)/t10-/m0/s1. The summed E-state index contributed by atoms with van der Waals surface area (Å²) in [5.74, 6) is -0.0315. The van der Waals surface area contributed by atoms with E-state index in [9.17, 15) is 4.79 Å². The van der Waals surface area contributed by atoms with E-state index in [4.69, 9.17) is 9.57 Å². The lowest BCUT2D eigenvalue weighted by atomic mass is 10.2. The Morgan fingerprint density at radius 1 is 1.76 bits per heavy atom. The van der Waals surface area contributed by atoms with E-state index >= 15 is 0 Å². The van der Waals surface area contributed by atoms with E-state index < -0.39 is 0 Å². The highest BCUT2D eigenvalue weighted by Gasteiger charge is 2.26. The molecule has 1 heterocycles. The van der Waals surface area contributed by atoms with Crippen molar-refractivity contribution in [1.29, 1.82) is 0 Å². The van der Waals surface area contributed by atoms with Crippen LogP contribution in [0.25, 0.3) is 0 Å². The van der Waals surface area contributed by atoms with Crippen molar-refractivity contribution in [3.05, 3.63) is 12.7 Å². The SMILES string of the molecule is C=CCON=C1CN[C@H](C(=O)NCCOC)C1. The molecule has 1 saturated heterocycles. The number of nitrogens with one attached hydrogen (secondary N) is 2. The zero-order valence-electron chi connectivity index (χ0n) is 10.1. The maximum atomic E-state index is 11.7. The highest BCUT2D eigenvalue weighted by atomic mass is 16.6. The summed E-state index contributed by atoms with van der Waals surface area (Å²) < 4.78 is 4.85. The summed E-state index contributed by atoms with van der Waals surface area (Å²) in [6, 6.07) is -0.224. The average Bonchev–Trinajstić information content (AvgIpc) is 2.78. The molecule has 96 valence electrons. The minimum absolute atomic E-state index is 0.0315. The van der Waals surface area contributed by atoms with E-state index in [-0.39, 0.29) is 11.9 Å². The number of ether oxygens (including phenoxy) is 1. The lowest BCUT2D eigenvalue weighted by Gasteiger charge is -2.09. The number of amides is 1. The van der Waals surface area contributed by atoms with Crippen LogP contribution in [0.3, 0.4) is 0 Å². The third-order valence-electron chi connectivity index (χ3n) is 2.30. The van der Waals surface area contributed by atoms with Crippen LogP contribution in [-0.2, 0) is 14.4 Å². The molecule has 1 rings (SSSR count). The first-order valence-corrected chi connectivity index (χ1v) is 5.56. The molecule has 0 radical (unpaired) electrons. The van der Waals surface area contributed by atoms with Gasteiger partial charge < -0.3 is 20.2 Å². The third kappa shape index (κ3) is 4.97. The van der Waals surface area contributed by atoms with Gasteiger partial charge in [-0.2, -0.15) is 0 Å². The number of nitrogens with zero attached hydrogens (tertiary/aromatic N) is 1. The first-order valence-electron chi connectivity index (χ1n) is 5.56. The number of carbonyl (C=O) groups excluding carboxylic acids is 1. The second-order valence-electron chi connectivity index (χ2n) is 3.66. The largest absolute Gasteiger partial charge is 0.392 e. The predicted octanol–water partition coefficient (Wildman–Crippen LogP) is -0.330. The Morgan fingerprint density at radius 3 is 3.29 bits per heavy atom. The van der Waals surface area contributed by atoms with Gasteiger partial charge >= 0.3 is 0 Å². The molecule has 0 aromatic rings. The van der Waals surface area contributed by atoms with Gasteiger partial charge in [0.25, 0.3) is 0 Å². The van der Waals surface area contributed by atoms with Crippen molar-refractivity contribution in [2.75, 3.05) is 33.4 Å². The molecule has 1 fully saturated rings. The van der Waals surface area contributed by atoms with Gasteiger partial charge in [0.05, 0.1) is 18.4 Å². The molecule has 1 amide bonds. The summed E-state index contributed by atoms with van der Waals surface area (Å²) in [6.07, 6.45) is 2.21. The molecule has 0 aromatic carbocycles. The van der Waals surface area contributed by atoms with Crippen molar-refractivity contribution in [2.45, 2.75) is 12.5 Å². The van der Waals surface area contributed by atoms with Crippen LogP contribution in [-0.4, -0.2) is 51.1 Å². The lowest BCUT2D eigenvalue weighted by molar-refractivity contribution is -0.122. The molecule has 0 saturated carbocycles. The van der Waals surface area contributed by atoms with Gasteiger partial charge in [0.1, 0.15) is 6.61 Å². The van der Waals surface area contributed by atoms with Crippen LogP contribution in [0.5, 0.6) is 0 Å². The lowest BCUT2D eigenvalue weighted by Crippen LogP contribution is -2.41. The fourth-order valence-electron chi connectivity index (χ4n) is 1.46. The van der Waals surface area contributed by atoms with Crippen LogP contribution in [0.1, 0.15) is 6.42 Å². The van der Waals surface area contributed by atoms with Gasteiger partial charge in [0, 0.05) is 26.6 Å². The van der Waals surface area contributed by atoms with E-state index in [1.54, 1.807) is 13.2 Å². The summed E-state index contributed by atoms with van der Waals surface area (Å²) in [6.45, 7) is 5.53. The molecule has 6 nitrogen and oxygen atoms in total. The smallest absolute Gasteiger partial charge is 0.237 e. The highest BCUT2D eigenvalue weighted by Crippen LogP contribution is 2.04. The Morgan fingerprint density at radius 2 is 2.59 bits per heavy atom. The van der Waals surface area contributed by atoms with Gasteiger partial charge in [0.2, 0.25) is 5.91 Å². The van der Waals surface area contributed by atoms with E-state index in [1.807, 2.05) is 0 Å². The Bertz CT molecular complexity index is 292. The molecule has 1 atom stereocenters. The fraction of sp³-hybridized carbons (Fsp3) is 0.636. The summed E-state index contributed by atoms with van der Waals surface area (Å²) in [5.41, 5.74) is 0.846. The molecule has 0 unspecified atom stereocenters. The van der Waals surface area contributed by atoms with Crippen LogP contribution in [0.15, 0.2) is 17.8 Å². The molecule has 0 aromatic heterocycles. The molecule has 1 aliphatic rings. The van der Waals surface area contributed by atoms with E-state index in [2.05, 4.69) is 22.4 Å². The van der Waals surface area contributed by atoms with Crippen LogP contribution < -0.4 is 10.6 Å². The number of hydrogen-bond donors (Lipinski definition) is 2. The van der Waals surface area contributed by atoms with Gasteiger partial charge in [-0.05, 0) is 0 Å². The van der Waals surface area contributed by atoms with Crippen molar-refractivity contribution in [2.24, 2.45) is 5.16 Å². The molecule has 0 spiro atoms. The van der Waals surface area contributed by atoms with Crippen LogP contribution in [0.4, 0.5) is 0 Å². The normalized spacial score (nSPS) is 21.5. The van der Waals surface area contributed by atoms with Gasteiger partial charge in [0.15, 0.2) is 0 Å². The first kappa shape index (κ1) is 13.7. The zero-order valence-corrected chi connectivity index (χ0v) is 10.1. The fourth-order valence-corrected chi connectivity index (χ4v) is 1.46. The second kappa shape index (κ2) is 7.81. The molecule has 17 heavy (non-hydrogen) atoms. The molecule has 6 heteroatoms. The second-order valence-corrected chi connectivity index (χ2v) is 3.66. The highest BCUT2D eigenvalue weighted by molar-refractivity contribution is 5.96. The summed E-state index contributed by atoms with van der Waals surface area (Å²) in [5, 5.41) is 9.77. The van der Waals surface area contributed by atoms with Gasteiger partial charge in [-0.1, -0.05) is 17.8 Å². The molecule has 2 N–H and O–H groups in total. The number of rotatable bonds is 7. The predicted molar refractivity (Wildman–Crippen MR) is 64.9 cm³/mol. The minimum atomic E-state index is -0.224. The third-order valence-corrected chi connectivity index (χ3v) is 2.30. The van der Waals surface area contributed by atoms with Crippen LogP contribution >= 0.6 is 0 Å². The molecular formula is C11H19N3O3. The molecular weight excluding hydrogens is 222 g/mol. The number of carbonyl (C=O) groups is 1.